The van der Waals surface area contributed by atoms with Gasteiger partial charge in [0, 0.05) is 5.02 Å². The molecule has 5 nitrogen and oxygen atoms in total. The number of rotatable bonds is 4. The van der Waals surface area contributed by atoms with Crippen LogP contribution in [0.25, 0.3) is 0 Å². The number of carbonyl (C=O) groups excluding carboxylic acids is 1. The molecule has 2 aromatic carbocycles. The van der Waals surface area contributed by atoms with Crippen LogP contribution in [0.2, 0.25) is 5.02 Å². The Labute approximate surface area is 132 Å². The van der Waals surface area contributed by atoms with E-state index in [0.29, 0.717) is 16.5 Å². The summed E-state index contributed by atoms with van der Waals surface area (Å²) in [6.07, 6.45) is 1.80. The van der Waals surface area contributed by atoms with Crippen LogP contribution in [0.5, 0.6) is 11.5 Å². The van der Waals surface area contributed by atoms with Gasteiger partial charge < -0.3 is 9.47 Å². The summed E-state index contributed by atoms with van der Waals surface area (Å²) in [5.41, 5.74) is 4.18. The number of hydrogen-bond acceptors (Lipinski definition) is 4. The summed E-state index contributed by atoms with van der Waals surface area (Å²) in [4.78, 5) is 11.8. The van der Waals surface area contributed by atoms with E-state index in [2.05, 4.69) is 10.5 Å². The van der Waals surface area contributed by atoms with Crippen LogP contribution >= 0.6 is 11.6 Å². The summed E-state index contributed by atoms with van der Waals surface area (Å²) in [5, 5.41) is 4.58. The van der Waals surface area contributed by atoms with Gasteiger partial charge in [0.25, 0.3) is 0 Å². The van der Waals surface area contributed by atoms with E-state index in [9.17, 15) is 4.79 Å². The van der Waals surface area contributed by atoms with Gasteiger partial charge >= 0.3 is 0 Å². The predicted molar refractivity (Wildman–Crippen MR) is 83.5 cm³/mol. The molecule has 0 aromatic heterocycles. The lowest BCUT2D eigenvalue weighted by atomic mass is 10.1. The highest BCUT2D eigenvalue weighted by molar-refractivity contribution is 6.30. The molecule has 2 aromatic rings. The zero-order chi connectivity index (χ0) is 15.4. The van der Waals surface area contributed by atoms with Gasteiger partial charge in [-0.3, -0.25) is 4.79 Å². The van der Waals surface area contributed by atoms with Crippen LogP contribution in [0, 0.1) is 0 Å². The fourth-order valence-electron chi connectivity index (χ4n) is 2.00. The number of ether oxygens (including phenoxy) is 2. The molecule has 0 saturated carbocycles. The Morgan fingerprint density at radius 3 is 2.77 bits per heavy atom. The highest BCUT2D eigenvalue weighted by atomic mass is 35.5. The number of amides is 1. The fourth-order valence-corrected chi connectivity index (χ4v) is 2.13. The quantitative estimate of drug-likeness (QED) is 0.697. The highest BCUT2D eigenvalue weighted by Gasteiger charge is 2.12. The van der Waals surface area contributed by atoms with E-state index in [-0.39, 0.29) is 19.1 Å². The maximum atomic E-state index is 11.8. The Kier molecular flexibility index (Phi) is 4.25. The number of carbonyl (C=O) groups is 1. The Bertz CT molecular complexity index is 714. The van der Waals surface area contributed by atoms with Gasteiger partial charge in [0.05, 0.1) is 12.6 Å². The third kappa shape index (κ3) is 3.56. The molecule has 112 valence electrons. The molecule has 1 N–H and O–H groups in total. The summed E-state index contributed by atoms with van der Waals surface area (Å²) in [7, 11) is 0. The van der Waals surface area contributed by atoms with Gasteiger partial charge in [0.1, 0.15) is 0 Å². The number of benzene rings is 2. The first-order chi connectivity index (χ1) is 10.7. The van der Waals surface area contributed by atoms with Crippen molar-refractivity contribution in [1.82, 2.24) is 5.43 Å². The summed E-state index contributed by atoms with van der Waals surface area (Å²) in [5.74, 6) is 1.19. The largest absolute Gasteiger partial charge is 0.454 e. The average molecular weight is 317 g/mol. The van der Waals surface area contributed by atoms with Crippen LogP contribution in [-0.2, 0) is 11.2 Å². The van der Waals surface area contributed by atoms with Crippen LogP contribution in [-0.4, -0.2) is 18.9 Å². The standard InChI is InChI=1S/C16H13ClN2O3/c17-13-4-1-11(2-5-13)8-16(20)19-18-9-12-3-6-14-15(7-12)22-10-21-14/h1-7,9H,8,10H2,(H,19,20)/b18-9-. The number of nitrogens with zero attached hydrogens (tertiary/aromatic N) is 1. The van der Waals surface area contributed by atoms with E-state index >= 15 is 0 Å². The second-order valence-corrected chi connectivity index (χ2v) is 5.15. The van der Waals surface area contributed by atoms with Gasteiger partial charge in [-0.25, -0.2) is 5.43 Å². The smallest absolute Gasteiger partial charge is 0.244 e. The maximum Gasteiger partial charge on any atom is 0.244 e. The van der Waals surface area contributed by atoms with E-state index in [1.807, 2.05) is 18.2 Å². The second kappa shape index (κ2) is 6.49. The third-order valence-electron chi connectivity index (χ3n) is 3.08. The lowest BCUT2D eigenvalue weighted by Gasteiger charge is -2.01. The van der Waals surface area contributed by atoms with Crippen molar-refractivity contribution < 1.29 is 14.3 Å². The topological polar surface area (TPSA) is 59.9 Å². The minimum Gasteiger partial charge on any atom is -0.454 e. The average Bonchev–Trinajstić information content (AvgIpc) is 2.97. The number of hydrogen-bond donors (Lipinski definition) is 1. The summed E-state index contributed by atoms with van der Waals surface area (Å²) < 4.78 is 10.5. The lowest BCUT2D eigenvalue weighted by molar-refractivity contribution is -0.120. The van der Waals surface area contributed by atoms with Crippen molar-refractivity contribution in [3.05, 3.63) is 58.6 Å². The lowest BCUT2D eigenvalue weighted by Crippen LogP contribution is -2.19. The number of fused-ring (bicyclic) bond motifs is 1. The van der Waals surface area contributed by atoms with Gasteiger partial charge in [0.2, 0.25) is 12.7 Å². The minimum atomic E-state index is -0.195. The van der Waals surface area contributed by atoms with Crippen molar-refractivity contribution in [2.45, 2.75) is 6.42 Å². The Balaban J connectivity index is 1.55. The molecule has 0 fully saturated rings. The van der Waals surface area contributed by atoms with Gasteiger partial charge in [-0.2, -0.15) is 5.10 Å². The van der Waals surface area contributed by atoms with E-state index in [4.69, 9.17) is 21.1 Å². The first-order valence-electron chi connectivity index (χ1n) is 6.67. The number of nitrogens with one attached hydrogen (secondary N) is 1. The van der Waals surface area contributed by atoms with Crippen LogP contribution in [0.3, 0.4) is 0 Å². The van der Waals surface area contributed by atoms with Gasteiger partial charge in [-0.05, 0) is 41.5 Å². The van der Waals surface area contributed by atoms with E-state index < -0.39 is 0 Å². The highest BCUT2D eigenvalue weighted by Crippen LogP contribution is 2.31. The monoisotopic (exact) mass is 316 g/mol. The zero-order valence-corrected chi connectivity index (χ0v) is 12.3. The molecule has 6 heteroatoms. The van der Waals surface area contributed by atoms with Crippen LogP contribution < -0.4 is 14.9 Å². The SMILES string of the molecule is O=C(Cc1ccc(Cl)cc1)N/N=C\c1ccc2c(c1)OCO2. The van der Waals surface area contributed by atoms with Crippen molar-refractivity contribution in [2.75, 3.05) is 6.79 Å². The molecular formula is C16H13ClN2O3. The molecule has 1 aliphatic rings. The summed E-state index contributed by atoms with van der Waals surface area (Å²) in [6, 6.07) is 12.6. The molecule has 1 heterocycles. The first-order valence-corrected chi connectivity index (χ1v) is 7.04. The molecule has 0 saturated heterocycles. The minimum absolute atomic E-state index is 0.195. The fraction of sp³-hybridized carbons (Fsp3) is 0.125. The van der Waals surface area contributed by atoms with Crippen molar-refractivity contribution in [1.29, 1.82) is 0 Å². The number of halogens is 1. The predicted octanol–water partition coefficient (Wildman–Crippen LogP) is 2.76. The molecule has 22 heavy (non-hydrogen) atoms. The zero-order valence-electron chi connectivity index (χ0n) is 11.6. The van der Waals surface area contributed by atoms with Gasteiger partial charge in [-0.1, -0.05) is 23.7 Å². The molecule has 3 rings (SSSR count). The van der Waals surface area contributed by atoms with Crippen LogP contribution in [0.4, 0.5) is 0 Å². The molecule has 0 spiro atoms. The third-order valence-corrected chi connectivity index (χ3v) is 3.33. The van der Waals surface area contributed by atoms with Crippen molar-refractivity contribution in [2.24, 2.45) is 5.10 Å². The van der Waals surface area contributed by atoms with E-state index in [0.717, 1.165) is 11.1 Å². The summed E-state index contributed by atoms with van der Waals surface area (Å²) in [6.45, 7) is 0.230. The first kappa shape index (κ1) is 14.4. The molecule has 0 atom stereocenters. The van der Waals surface area contributed by atoms with Crippen LogP contribution in [0.1, 0.15) is 11.1 Å². The molecule has 0 unspecified atom stereocenters. The Morgan fingerprint density at radius 2 is 1.95 bits per heavy atom. The molecule has 0 radical (unpaired) electrons. The second-order valence-electron chi connectivity index (χ2n) is 4.71. The molecule has 0 bridgehead atoms. The van der Waals surface area contributed by atoms with Crippen molar-refractivity contribution in [3.8, 4) is 11.5 Å². The van der Waals surface area contributed by atoms with Crippen molar-refractivity contribution >= 4 is 23.7 Å². The van der Waals surface area contributed by atoms with Crippen molar-refractivity contribution in [3.63, 3.8) is 0 Å². The molecule has 0 aliphatic carbocycles. The normalized spacial score (nSPS) is 12.6. The number of hydrazone groups is 1. The molecule has 1 amide bonds. The summed E-state index contributed by atoms with van der Waals surface area (Å²) >= 11 is 5.80. The maximum absolute atomic E-state index is 11.8. The Morgan fingerprint density at radius 1 is 1.18 bits per heavy atom. The van der Waals surface area contributed by atoms with Gasteiger partial charge in [0.15, 0.2) is 11.5 Å². The van der Waals surface area contributed by atoms with E-state index in [1.54, 1.807) is 30.5 Å². The molecular weight excluding hydrogens is 304 g/mol. The van der Waals surface area contributed by atoms with Gasteiger partial charge in [-0.15, -0.1) is 0 Å². The molecule has 1 aliphatic heterocycles. The van der Waals surface area contributed by atoms with Crippen LogP contribution in [0.15, 0.2) is 47.6 Å². The van der Waals surface area contributed by atoms with E-state index in [1.165, 1.54) is 0 Å². The Hall–Kier alpha value is -2.53.